The highest BCUT2D eigenvalue weighted by Crippen LogP contribution is 2.25. The Morgan fingerprint density at radius 2 is 1.58 bits per heavy atom. The van der Waals surface area contributed by atoms with Gasteiger partial charge in [-0.05, 0) is 34.2 Å². The average Bonchev–Trinajstić information content (AvgIpc) is 2.46. The van der Waals surface area contributed by atoms with Crippen LogP contribution < -0.4 is 5.73 Å². The van der Waals surface area contributed by atoms with Crippen molar-refractivity contribution in [1.29, 1.82) is 0 Å². The standard InChI is InChI=1S/C18H21N/c1-13(2)18(19)17-11-7-10-16(12-17)14(3)15-8-5-4-6-9-15/h4-13,18H,3,19H2,1-2H3. The van der Waals surface area contributed by atoms with Gasteiger partial charge in [0.05, 0.1) is 0 Å². The number of hydrogen-bond acceptors (Lipinski definition) is 1. The van der Waals surface area contributed by atoms with Crippen LogP contribution in [0.4, 0.5) is 0 Å². The summed E-state index contributed by atoms with van der Waals surface area (Å²) < 4.78 is 0. The summed E-state index contributed by atoms with van der Waals surface area (Å²) >= 11 is 0. The SMILES string of the molecule is C=C(c1ccccc1)c1cccc(C(N)C(C)C)c1. The van der Waals surface area contributed by atoms with Crippen LogP contribution in [-0.4, -0.2) is 0 Å². The lowest BCUT2D eigenvalue weighted by Crippen LogP contribution is -2.16. The van der Waals surface area contributed by atoms with E-state index in [0.29, 0.717) is 5.92 Å². The van der Waals surface area contributed by atoms with Gasteiger partial charge in [-0.2, -0.15) is 0 Å². The maximum absolute atomic E-state index is 6.22. The lowest BCUT2D eigenvalue weighted by atomic mass is 9.92. The average molecular weight is 251 g/mol. The molecule has 0 bridgehead atoms. The van der Waals surface area contributed by atoms with Crippen molar-refractivity contribution in [3.05, 3.63) is 77.9 Å². The second kappa shape index (κ2) is 5.85. The monoisotopic (exact) mass is 251 g/mol. The van der Waals surface area contributed by atoms with Crippen LogP contribution in [0.2, 0.25) is 0 Å². The molecule has 2 aromatic carbocycles. The normalized spacial score (nSPS) is 12.4. The summed E-state index contributed by atoms with van der Waals surface area (Å²) in [5.74, 6) is 0.431. The molecule has 0 aliphatic rings. The van der Waals surface area contributed by atoms with E-state index in [1.54, 1.807) is 0 Å². The van der Waals surface area contributed by atoms with Gasteiger partial charge in [0.15, 0.2) is 0 Å². The van der Waals surface area contributed by atoms with Crippen LogP contribution in [0.3, 0.4) is 0 Å². The summed E-state index contributed by atoms with van der Waals surface area (Å²) in [5, 5.41) is 0. The van der Waals surface area contributed by atoms with Crippen LogP contribution in [0.5, 0.6) is 0 Å². The Hall–Kier alpha value is -1.86. The molecule has 1 unspecified atom stereocenters. The Morgan fingerprint density at radius 3 is 2.21 bits per heavy atom. The van der Waals surface area contributed by atoms with Crippen LogP contribution in [0.1, 0.15) is 36.6 Å². The highest BCUT2D eigenvalue weighted by atomic mass is 14.6. The van der Waals surface area contributed by atoms with Crippen molar-refractivity contribution in [2.45, 2.75) is 19.9 Å². The van der Waals surface area contributed by atoms with E-state index < -0.39 is 0 Å². The summed E-state index contributed by atoms with van der Waals surface area (Å²) in [6, 6.07) is 18.7. The number of benzene rings is 2. The van der Waals surface area contributed by atoms with Gasteiger partial charge in [-0.15, -0.1) is 0 Å². The summed E-state index contributed by atoms with van der Waals surface area (Å²) in [6.07, 6.45) is 0. The molecule has 0 fully saturated rings. The lowest BCUT2D eigenvalue weighted by Gasteiger charge is -2.17. The van der Waals surface area contributed by atoms with Gasteiger partial charge < -0.3 is 5.73 Å². The minimum Gasteiger partial charge on any atom is -0.324 e. The Kier molecular flexibility index (Phi) is 4.18. The molecule has 98 valence electrons. The third-order valence-corrected chi connectivity index (χ3v) is 3.46. The minimum atomic E-state index is 0.0727. The van der Waals surface area contributed by atoms with E-state index in [0.717, 1.165) is 16.7 Å². The molecule has 1 atom stereocenters. The van der Waals surface area contributed by atoms with Crippen LogP contribution in [0, 0.1) is 5.92 Å². The second-order valence-electron chi connectivity index (χ2n) is 5.24. The fourth-order valence-corrected chi connectivity index (χ4v) is 2.12. The van der Waals surface area contributed by atoms with Gasteiger partial charge >= 0.3 is 0 Å². The van der Waals surface area contributed by atoms with Crippen LogP contribution in [0.15, 0.2) is 61.2 Å². The van der Waals surface area contributed by atoms with E-state index in [-0.39, 0.29) is 6.04 Å². The molecule has 0 aliphatic carbocycles. The Balaban J connectivity index is 2.31. The molecule has 2 N–H and O–H groups in total. The zero-order chi connectivity index (χ0) is 13.8. The smallest absolute Gasteiger partial charge is 0.0318 e. The van der Waals surface area contributed by atoms with Gasteiger partial charge in [0.1, 0.15) is 0 Å². The van der Waals surface area contributed by atoms with E-state index in [4.69, 9.17) is 5.73 Å². The van der Waals surface area contributed by atoms with Gasteiger partial charge in [-0.25, -0.2) is 0 Å². The maximum atomic E-state index is 6.22. The first kappa shape index (κ1) is 13.6. The first-order valence-electron chi connectivity index (χ1n) is 6.70. The molecule has 1 heteroatoms. The number of nitrogens with two attached hydrogens (primary N) is 1. The van der Waals surface area contributed by atoms with Gasteiger partial charge in [-0.1, -0.05) is 69.0 Å². The molecule has 0 spiro atoms. The zero-order valence-electron chi connectivity index (χ0n) is 11.6. The summed E-state index contributed by atoms with van der Waals surface area (Å²) in [4.78, 5) is 0. The lowest BCUT2D eigenvalue weighted by molar-refractivity contribution is 0.514. The highest BCUT2D eigenvalue weighted by Gasteiger charge is 2.11. The molecular formula is C18H21N. The van der Waals surface area contributed by atoms with Crippen molar-refractivity contribution >= 4 is 5.57 Å². The molecule has 1 nitrogen and oxygen atoms in total. The molecule has 2 rings (SSSR count). The summed E-state index contributed by atoms with van der Waals surface area (Å²) in [5.41, 5.74) is 10.7. The number of rotatable bonds is 4. The van der Waals surface area contributed by atoms with Crippen molar-refractivity contribution in [3.63, 3.8) is 0 Å². The fourth-order valence-electron chi connectivity index (χ4n) is 2.12. The van der Waals surface area contributed by atoms with Crippen LogP contribution in [0.25, 0.3) is 5.57 Å². The van der Waals surface area contributed by atoms with Gasteiger partial charge in [0.2, 0.25) is 0 Å². The molecule has 0 amide bonds. The highest BCUT2D eigenvalue weighted by molar-refractivity contribution is 5.78. The fraction of sp³-hybridized carbons (Fsp3) is 0.222. The topological polar surface area (TPSA) is 26.0 Å². The molecule has 0 saturated carbocycles. The van der Waals surface area contributed by atoms with E-state index in [2.05, 4.69) is 56.8 Å². The van der Waals surface area contributed by atoms with Crippen LogP contribution >= 0.6 is 0 Å². The van der Waals surface area contributed by atoms with Crippen molar-refractivity contribution in [2.24, 2.45) is 11.7 Å². The van der Waals surface area contributed by atoms with Gasteiger partial charge in [0, 0.05) is 6.04 Å². The first-order chi connectivity index (χ1) is 9.09. The van der Waals surface area contributed by atoms with Crippen LogP contribution in [-0.2, 0) is 0 Å². The summed E-state index contributed by atoms with van der Waals surface area (Å²) in [7, 11) is 0. The zero-order valence-corrected chi connectivity index (χ0v) is 11.6. The van der Waals surface area contributed by atoms with Crippen molar-refractivity contribution in [3.8, 4) is 0 Å². The molecule has 19 heavy (non-hydrogen) atoms. The molecule has 0 radical (unpaired) electrons. The third kappa shape index (κ3) is 3.12. The second-order valence-corrected chi connectivity index (χ2v) is 5.24. The first-order valence-corrected chi connectivity index (χ1v) is 6.70. The Morgan fingerprint density at radius 1 is 0.947 bits per heavy atom. The van der Waals surface area contributed by atoms with Crippen molar-refractivity contribution in [2.75, 3.05) is 0 Å². The van der Waals surface area contributed by atoms with E-state index in [1.165, 1.54) is 5.56 Å². The molecule has 0 saturated heterocycles. The molecule has 2 aromatic rings. The summed E-state index contributed by atoms with van der Waals surface area (Å²) in [6.45, 7) is 8.48. The molecule has 0 aliphatic heterocycles. The Bertz CT molecular complexity index is 555. The molecular weight excluding hydrogens is 230 g/mol. The van der Waals surface area contributed by atoms with Crippen molar-refractivity contribution < 1.29 is 0 Å². The van der Waals surface area contributed by atoms with E-state index in [9.17, 15) is 0 Å². The quantitative estimate of drug-likeness (QED) is 0.856. The molecule has 0 aromatic heterocycles. The maximum Gasteiger partial charge on any atom is 0.0318 e. The largest absolute Gasteiger partial charge is 0.324 e. The predicted molar refractivity (Wildman–Crippen MR) is 82.8 cm³/mol. The third-order valence-electron chi connectivity index (χ3n) is 3.46. The van der Waals surface area contributed by atoms with Crippen molar-refractivity contribution in [1.82, 2.24) is 0 Å². The number of hydrogen-bond donors (Lipinski definition) is 1. The Labute approximate surface area is 115 Å². The predicted octanol–water partition coefficient (Wildman–Crippen LogP) is 4.40. The molecule has 0 heterocycles. The minimum absolute atomic E-state index is 0.0727. The van der Waals surface area contributed by atoms with E-state index >= 15 is 0 Å². The van der Waals surface area contributed by atoms with Gasteiger partial charge in [-0.3, -0.25) is 0 Å². The van der Waals surface area contributed by atoms with Gasteiger partial charge in [0.25, 0.3) is 0 Å². The van der Waals surface area contributed by atoms with E-state index in [1.807, 2.05) is 18.2 Å².